The van der Waals surface area contributed by atoms with Crippen LogP contribution in [-0.2, 0) is 14.3 Å². The van der Waals surface area contributed by atoms with E-state index in [2.05, 4.69) is 0 Å². The van der Waals surface area contributed by atoms with Gasteiger partial charge in [0, 0.05) is 0 Å². The fourth-order valence-corrected chi connectivity index (χ4v) is 1.93. The number of benzene rings is 1. The maximum absolute atomic E-state index is 11.2. The van der Waals surface area contributed by atoms with Crippen molar-refractivity contribution >= 4 is 35.0 Å². The Morgan fingerprint density at radius 2 is 1.76 bits per heavy atom. The molecule has 1 aliphatic heterocycles. The Morgan fingerprint density at radius 3 is 2.18 bits per heavy atom. The Bertz CT molecular complexity index is 504. The standard InChI is InChI=1S/C10H8Cl2N2O3/c11-5-2-1-4(3-6(5)12)7-10(17-7,8(13)15)9(14)16/h1-3,7H,(H2,13,15)(H2,14,16)/t7-/m1/s1. The van der Waals surface area contributed by atoms with E-state index in [1.165, 1.54) is 12.1 Å². The van der Waals surface area contributed by atoms with E-state index in [1.807, 2.05) is 0 Å². The van der Waals surface area contributed by atoms with E-state index < -0.39 is 23.5 Å². The maximum atomic E-state index is 11.2. The van der Waals surface area contributed by atoms with Crippen LogP contribution >= 0.6 is 23.2 Å². The highest BCUT2D eigenvalue weighted by Crippen LogP contribution is 2.50. The number of ether oxygens (including phenoxy) is 1. The fourth-order valence-electron chi connectivity index (χ4n) is 1.63. The molecule has 0 aliphatic carbocycles. The van der Waals surface area contributed by atoms with Gasteiger partial charge >= 0.3 is 0 Å². The Labute approximate surface area is 107 Å². The number of epoxide rings is 1. The summed E-state index contributed by atoms with van der Waals surface area (Å²) in [7, 11) is 0. The molecule has 0 saturated carbocycles. The molecule has 0 spiro atoms. The summed E-state index contributed by atoms with van der Waals surface area (Å²) in [6.45, 7) is 0. The summed E-state index contributed by atoms with van der Waals surface area (Å²) in [6.07, 6.45) is -0.799. The van der Waals surface area contributed by atoms with Crippen molar-refractivity contribution < 1.29 is 14.3 Å². The molecule has 0 radical (unpaired) electrons. The zero-order valence-corrected chi connectivity index (χ0v) is 9.96. The predicted molar refractivity (Wildman–Crippen MR) is 61.4 cm³/mol. The topological polar surface area (TPSA) is 98.7 Å². The molecule has 1 fully saturated rings. The lowest BCUT2D eigenvalue weighted by molar-refractivity contribution is -0.133. The molecule has 2 rings (SSSR count). The van der Waals surface area contributed by atoms with Crippen LogP contribution in [0.1, 0.15) is 11.7 Å². The molecule has 4 N–H and O–H groups in total. The molecule has 0 bridgehead atoms. The first-order valence-corrected chi connectivity index (χ1v) is 5.37. The van der Waals surface area contributed by atoms with Gasteiger partial charge in [0.25, 0.3) is 17.4 Å². The minimum atomic E-state index is -1.77. The third kappa shape index (κ3) is 1.76. The molecule has 5 nitrogen and oxygen atoms in total. The number of carbonyl (C=O) groups excluding carboxylic acids is 2. The summed E-state index contributed by atoms with van der Waals surface area (Å²) in [5, 5.41) is 0.655. The average Bonchev–Trinajstić information content (AvgIpc) is 2.98. The van der Waals surface area contributed by atoms with E-state index >= 15 is 0 Å². The lowest BCUT2D eigenvalue weighted by Gasteiger charge is -2.04. The molecule has 90 valence electrons. The van der Waals surface area contributed by atoms with Gasteiger partial charge in [-0.3, -0.25) is 9.59 Å². The first-order valence-electron chi connectivity index (χ1n) is 4.62. The summed E-state index contributed by atoms with van der Waals surface area (Å²) >= 11 is 11.6. The predicted octanol–water partition coefficient (Wildman–Crippen LogP) is 0.774. The zero-order chi connectivity index (χ0) is 12.8. The third-order valence-electron chi connectivity index (χ3n) is 2.59. The Hall–Kier alpha value is -1.30. The van der Waals surface area contributed by atoms with E-state index in [0.717, 1.165) is 0 Å². The third-order valence-corrected chi connectivity index (χ3v) is 3.33. The summed E-state index contributed by atoms with van der Waals surface area (Å²) in [4.78, 5) is 22.4. The van der Waals surface area contributed by atoms with Crippen LogP contribution in [0.4, 0.5) is 0 Å². The highest BCUT2D eigenvalue weighted by Gasteiger charge is 2.67. The van der Waals surface area contributed by atoms with Crippen LogP contribution in [0.25, 0.3) is 0 Å². The first-order chi connectivity index (χ1) is 7.89. The zero-order valence-electron chi connectivity index (χ0n) is 8.44. The number of nitrogens with two attached hydrogens (primary N) is 2. The Balaban J connectivity index is 2.35. The van der Waals surface area contributed by atoms with Crippen molar-refractivity contribution in [2.45, 2.75) is 11.7 Å². The normalized spacial score (nSPS) is 20.9. The fraction of sp³-hybridized carbons (Fsp3) is 0.200. The summed E-state index contributed by atoms with van der Waals surface area (Å²) in [6, 6.07) is 4.63. The second-order valence-electron chi connectivity index (χ2n) is 3.64. The highest BCUT2D eigenvalue weighted by molar-refractivity contribution is 6.42. The average molecular weight is 275 g/mol. The number of halogens is 2. The lowest BCUT2D eigenvalue weighted by Crippen LogP contribution is -2.44. The van der Waals surface area contributed by atoms with Gasteiger partial charge in [0.15, 0.2) is 0 Å². The van der Waals surface area contributed by atoms with Crippen molar-refractivity contribution in [3.05, 3.63) is 33.8 Å². The monoisotopic (exact) mass is 274 g/mol. The molecule has 1 saturated heterocycles. The largest absolute Gasteiger partial charge is 0.367 e. The number of carbonyl (C=O) groups is 2. The number of amides is 2. The molecule has 17 heavy (non-hydrogen) atoms. The van der Waals surface area contributed by atoms with E-state index in [9.17, 15) is 9.59 Å². The summed E-state index contributed by atoms with van der Waals surface area (Å²) in [5.41, 5.74) is 8.97. The number of rotatable bonds is 3. The van der Waals surface area contributed by atoms with Gasteiger partial charge in [-0.25, -0.2) is 0 Å². The van der Waals surface area contributed by atoms with Crippen LogP contribution in [0.3, 0.4) is 0 Å². The maximum Gasteiger partial charge on any atom is 0.262 e. The van der Waals surface area contributed by atoms with Crippen LogP contribution in [0, 0.1) is 0 Å². The van der Waals surface area contributed by atoms with Crippen LogP contribution in [0.5, 0.6) is 0 Å². The van der Waals surface area contributed by atoms with Gasteiger partial charge in [0.05, 0.1) is 10.0 Å². The quantitative estimate of drug-likeness (QED) is 0.629. The lowest BCUT2D eigenvalue weighted by atomic mass is 9.98. The molecule has 1 aromatic carbocycles. The van der Waals surface area contributed by atoms with Gasteiger partial charge in [-0.05, 0) is 17.7 Å². The van der Waals surface area contributed by atoms with Gasteiger partial charge in [-0.15, -0.1) is 0 Å². The summed E-state index contributed by atoms with van der Waals surface area (Å²) < 4.78 is 5.06. The Morgan fingerprint density at radius 1 is 1.18 bits per heavy atom. The first kappa shape index (κ1) is 12.2. The molecule has 1 aromatic rings. The van der Waals surface area contributed by atoms with Crippen LogP contribution in [0.15, 0.2) is 18.2 Å². The van der Waals surface area contributed by atoms with Crippen molar-refractivity contribution in [1.29, 1.82) is 0 Å². The van der Waals surface area contributed by atoms with E-state index in [4.69, 9.17) is 39.4 Å². The van der Waals surface area contributed by atoms with E-state index in [-0.39, 0.29) is 0 Å². The van der Waals surface area contributed by atoms with Gasteiger partial charge in [-0.2, -0.15) is 0 Å². The molecule has 2 amide bonds. The molecule has 1 atom stereocenters. The minimum Gasteiger partial charge on any atom is -0.367 e. The van der Waals surface area contributed by atoms with Crippen molar-refractivity contribution in [2.24, 2.45) is 11.5 Å². The minimum absolute atomic E-state index is 0.294. The number of primary amides is 2. The highest BCUT2D eigenvalue weighted by atomic mass is 35.5. The van der Waals surface area contributed by atoms with Gasteiger partial charge in [0.2, 0.25) is 0 Å². The number of hydrogen-bond donors (Lipinski definition) is 2. The van der Waals surface area contributed by atoms with Crippen LogP contribution in [0.2, 0.25) is 10.0 Å². The molecule has 0 unspecified atom stereocenters. The Kier molecular flexibility index (Phi) is 2.77. The molecule has 7 heteroatoms. The van der Waals surface area contributed by atoms with Crippen molar-refractivity contribution in [1.82, 2.24) is 0 Å². The SMILES string of the molecule is NC(=O)C1(C(N)=O)O[C@@H]1c1ccc(Cl)c(Cl)c1. The summed E-state index contributed by atoms with van der Waals surface area (Å²) in [5.74, 6) is -1.83. The van der Waals surface area contributed by atoms with Crippen molar-refractivity contribution in [3.8, 4) is 0 Å². The molecule has 1 heterocycles. The van der Waals surface area contributed by atoms with Crippen molar-refractivity contribution in [3.63, 3.8) is 0 Å². The smallest absolute Gasteiger partial charge is 0.262 e. The second kappa shape index (κ2) is 3.87. The molecular formula is C10H8Cl2N2O3. The second-order valence-corrected chi connectivity index (χ2v) is 4.45. The van der Waals surface area contributed by atoms with Gasteiger partial charge < -0.3 is 16.2 Å². The molecular weight excluding hydrogens is 267 g/mol. The number of hydrogen-bond acceptors (Lipinski definition) is 3. The molecule has 0 aromatic heterocycles. The van der Waals surface area contributed by atoms with E-state index in [1.54, 1.807) is 6.07 Å². The van der Waals surface area contributed by atoms with Gasteiger partial charge in [-0.1, -0.05) is 29.3 Å². The van der Waals surface area contributed by atoms with Crippen molar-refractivity contribution in [2.75, 3.05) is 0 Å². The van der Waals surface area contributed by atoms with Gasteiger partial charge in [0.1, 0.15) is 6.10 Å². The molecule has 1 aliphatic rings. The van der Waals surface area contributed by atoms with Crippen LogP contribution in [-0.4, -0.2) is 17.4 Å². The van der Waals surface area contributed by atoms with Crippen LogP contribution < -0.4 is 11.5 Å². The van der Waals surface area contributed by atoms with E-state index in [0.29, 0.717) is 15.6 Å².